The number of rotatable bonds is 3. The minimum Gasteiger partial charge on any atom is -0.389 e. The van der Waals surface area contributed by atoms with Gasteiger partial charge in [-0.1, -0.05) is 42.5 Å². The third-order valence-corrected chi connectivity index (χ3v) is 2.82. The van der Waals surface area contributed by atoms with E-state index < -0.39 is 0 Å². The van der Waals surface area contributed by atoms with Gasteiger partial charge in [0, 0.05) is 12.4 Å². The first kappa shape index (κ1) is 12.9. The molecule has 1 heterocycles. The Hall–Kier alpha value is -2.51. The van der Waals surface area contributed by atoms with Crippen LogP contribution < -0.4 is 5.73 Å². The van der Waals surface area contributed by atoms with Gasteiger partial charge in [-0.15, -0.1) is 0 Å². The molecule has 0 aliphatic carbocycles. The molecule has 92 valence electrons. The predicted octanol–water partition coefficient (Wildman–Crippen LogP) is 2.94. The highest BCUT2D eigenvalue weighted by atomic mass is 32.1. The minimum absolute atomic E-state index is 0.110. The van der Waals surface area contributed by atoms with Gasteiger partial charge in [-0.2, -0.15) is 5.26 Å². The third kappa shape index (κ3) is 3.24. The Labute approximate surface area is 117 Å². The second-order valence-corrected chi connectivity index (χ2v) is 4.34. The summed E-state index contributed by atoms with van der Waals surface area (Å²) in [6, 6.07) is 13.6. The fourth-order valence-corrected chi connectivity index (χ4v) is 1.74. The van der Waals surface area contributed by atoms with E-state index in [1.54, 1.807) is 18.5 Å². The molecule has 0 spiro atoms. The van der Waals surface area contributed by atoms with Crippen LogP contribution in [0, 0.1) is 11.3 Å². The molecule has 19 heavy (non-hydrogen) atoms. The maximum atomic E-state index is 8.90. The molecule has 0 aliphatic rings. The number of hydrogen-bond donors (Lipinski definition) is 1. The van der Waals surface area contributed by atoms with Gasteiger partial charge in [0.25, 0.3) is 0 Å². The molecule has 2 rings (SSSR count). The summed E-state index contributed by atoms with van der Waals surface area (Å²) < 4.78 is 0. The molecular formula is C15H11N3S. The number of benzene rings is 1. The van der Waals surface area contributed by atoms with Crippen LogP contribution in [-0.4, -0.2) is 9.97 Å². The summed E-state index contributed by atoms with van der Waals surface area (Å²) in [7, 11) is 0. The second-order valence-electron chi connectivity index (χ2n) is 3.90. The van der Waals surface area contributed by atoms with E-state index in [9.17, 15) is 0 Å². The highest BCUT2D eigenvalue weighted by Gasteiger charge is 2.00. The van der Waals surface area contributed by atoms with Crippen LogP contribution in [0.2, 0.25) is 0 Å². The van der Waals surface area contributed by atoms with Crippen molar-refractivity contribution in [2.75, 3.05) is 0 Å². The Kier molecular flexibility index (Phi) is 4.01. The SMILES string of the molecule is N#CC(=Cc1ccc(-c2cccnc2)cc1)C(N)=S. The largest absolute Gasteiger partial charge is 0.389 e. The molecule has 0 radical (unpaired) electrons. The Morgan fingerprint density at radius 2 is 1.95 bits per heavy atom. The molecule has 0 atom stereocenters. The van der Waals surface area contributed by atoms with Gasteiger partial charge in [-0.05, 0) is 28.8 Å². The van der Waals surface area contributed by atoms with Gasteiger partial charge in [0.2, 0.25) is 0 Å². The van der Waals surface area contributed by atoms with Gasteiger partial charge in [-0.25, -0.2) is 0 Å². The maximum absolute atomic E-state index is 8.90. The van der Waals surface area contributed by atoms with Crippen molar-refractivity contribution in [2.24, 2.45) is 5.73 Å². The van der Waals surface area contributed by atoms with E-state index in [0.717, 1.165) is 16.7 Å². The first-order valence-corrected chi connectivity index (χ1v) is 6.03. The van der Waals surface area contributed by atoms with Crippen LogP contribution in [0.5, 0.6) is 0 Å². The third-order valence-electron chi connectivity index (χ3n) is 2.60. The zero-order valence-corrected chi connectivity index (χ0v) is 10.9. The molecule has 0 bridgehead atoms. The van der Waals surface area contributed by atoms with E-state index in [1.165, 1.54) is 0 Å². The topological polar surface area (TPSA) is 62.7 Å². The number of hydrogen-bond acceptors (Lipinski definition) is 3. The van der Waals surface area contributed by atoms with Gasteiger partial charge >= 0.3 is 0 Å². The van der Waals surface area contributed by atoms with Crippen molar-refractivity contribution in [3.8, 4) is 17.2 Å². The van der Waals surface area contributed by atoms with Crippen molar-refractivity contribution in [1.82, 2.24) is 4.98 Å². The molecular weight excluding hydrogens is 254 g/mol. The molecule has 0 aliphatic heterocycles. The number of nitriles is 1. The number of thiocarbonyl (C=S) groups is 1. The lowest BCUT2D eigenvalue weighted by Gasteiger charge is -2.02. The van der Waals surface area contributed by atoms with Gasteiger partial charge in [0.05, 0.1) is 5.57 Å². The van der Waals surface area contributed by atoms with Gasteiger partial charge in [-0.3, -0.25) is 4.98 Å². The number of nitrogens with zero attached hydrogens (tertiary/aromatic N) is 2. The van der Waals surface area contributed by atoms with Crippen LogP contribution in [0.4, 0.5) is 0 Å². The molecule has 0 unspecified atom stereocenters. The Bertz CT molecular complexity index is 652. The number of pyridine rings is 1. The summed E-state index contributed by atoms with van der Waals surface area (Å²) in [5, 5.41) is 8.90. The average molecular weight is 265 g/mol. The van der Waals surface area contributed by atoms with Crippen molar-refractivity contribution in [2.45, 2.75) is 0 Å². The second kappa shape index (κ2) is 5.89. The number of nitrogens with two attached hydrogens (primary N) is 1. The molecule has 2 aromatic rings. The van der Waals surface area contributed by atoms with Crippen LogP contribution >= 0.6 is 12.2 Å². The quantitative estimate of drug-likeness (QED) is 0.526. The van der Waals surface area contributed by atoms with Crippen LogP contribution in [0.15, 0.2) is 54.4 Å². The minimum atomic E-state index is 0.110. The van der Waals surface area contributed by atoms with E-state index in [2.05, 4.69) is 4.98 Å². The van der Waals surface area contributed by atoms with E-state index >= 15 is 0 Å². The normalized spacial score (nSPS) is 10.8. The Balaban J connectivity index is 2.30. The average Bonchev–Trinajstić information content (AvgIpc) is 2.46. The fourth-order valence-electron chi connectivity index (χ4n) is 1.63. The zero-order chi connectivity index (χ0) is 13.7. The van der Waals surface area contributed by atoms with Crippen LogP contribution in [0.25, 0.3) is 17.2 Å². The molecule has 0 saturated heterocycles. The summed E-state index contributed by atoms with van der Waals surface area (Å²) in [4.78, 5) is 4.19. The van der Waals surface area contributed by atoms with Gasteiger partial charge < -0.3 is 5.73 Å². The molecule has 2 N–H and O–H groups in total. The molecule has 0 saturated carbocycles. The molecule has 1 aromatic heterocycles. The summed E-state index contributed by atoms with van der Waals surface area (Å²) in [5.74, 6) is 0. The Morgan fingerprint density at radius 1 is 1.21 bits per heavy atom. The maximum Gasteiger partial charge on any atom is 0.114 e. The van der Waals surface area contributed by atoms with E-state index in [0.29, 0.717) is 5.57 Å². The lowest BCUT2D eigenvalue weighted by molar-refractivity contribution is 1.33. The van der Waals surface area contributed by atoms with Gasteiger partial charge in [0.15, 0.2) is 0 Å². The molecule has 1 aromatic carbocycles. The van der Waals surface area contributed by atoms with Crippen LogP contribution in [0.3, 0.4) is 0 Å². The first-order chi connectivity index (χ1) is 9.20. The van der Waals surface area contributed by atoms with Crippen LogP contribution in [0.1, 0.15) is 5.56 Å². The standard InChI is InChI=1S/C15H11N3S/c16-9-14(15(17)19)8-11-3-5-12(6-4-11)13-2-1-7-18-10-13/h1-8,10H,(H2,17,19). The highest BCUT2D eigenvalue weighted by Crippen LogP contribution is 2.19. The van der Waals surface area contributed by atoms with Crippen molar-refractivity contribution in [1.29, 1.82) is 5.26 Å². The molecule has 0 amide bonds. The van der Waals surface area contributed by atoms with E-state index in [1.807, 2.05) is 42.5 Å². The van der Waals surface area contributed by atoms with Crippen molar-refractivity contribution >= 4 is 23.3 Å². The Morgan fingerprint density at radius 3 is 2.47 bits per heavy atom. The number of aromatic nitrogens is 1. The molecule has 4 heteroatoms. The summed E-state index contributed by atoms with van der Waals surface area (Å²) in [5.41, 5.74) is 8.76. The van der Waals surface area contributed by atoms with Crippen LogP contribution in [-0.2, 0) is 0 Å². The summed E-state index contributed by atoms with van der Waals surface area (Å²) >= 11 is 4.80. The predicted molar refractivity (Wildman–Crippen MR) is 80.0 cm³/mol. The lowest BCUT2D eigenvalue weighted by Crippen LogP contribution is -2.09. The van der Waals surface area contributed by atoms with E-state index in [4.69, 9.17) is 23.2 Å². The van der Waals surface area contributed by atoms with Gasteiger partial charge in [0.1, 0.15) is 11.1 Å². The first-order valence-electron chi connectivity index (χ1n) is 5.63. The van der Waals surface area contributed by atoms with Crippen molar-refractivity contribution in [3.05, 3.63) is 59.9 Å². The zero-order valence-electron chi connectivity index (χ0n) is 10.1. The lowest BCUT2D eigenvalue weighted by atomic mass is 10.0. The highest BCUT2D eigenvalue weighted by molar-refractivity contribution is 7.80. The monoisotopic (exact) mass is 265 g/mol. The van der Waals surface area contributed by atoms with Crippen molar-refractivity contribution < 1.29 is 0 Å². The molecule has 0 fully saturated rings. The summed E-state index contributed by atoms with van der Waals surface area (Å²) in [6.45, 7) is 0. The van der Waals surface area contributed by atoms with Crippen molar-refractivity contribution in [3.63, 3.8) is 0 Å². The molecule has 3 nitrogen and oxygen atoms in total. The smallest absolute Gasteiger partial charge is 0.114 e. The van der Waals surface area contributed by atoms with E-state index in [-0.39, 0.29) is 4.99 Å². The summed E-state index contributed by atoms with van der Waals surface area (Å²) in [6.07, 6.45) is 5.22. The fraction of sp³-hybridized carbons (Fsp3) is 0.